The molecule has 0 radical (unpaired) electrons. The maximum atomic E-state index is 4.72. The van der Waals surface area contributed by atoms with Crippen LogP contribution >= 0.6 is 11.8 Å². The van der Waals surface area contributed by atoms with Crippen LogP contribution in [0.1, 0.15) is 12.5 Å². The Morgan fingerprint density at radius 3 is 2.80 bits per heavy atom. The van der Waals surface area contributed by atoms with E-state index in [-0.39, 0.29) is 0 Å². The first-order chi connectivity index (χ1) is 9.78. The zero-order chi connectivity index (χ0) is 13.9. The van der Waals surface area contributed by atoms with E-state index in [4.69, 9.17) is 4.98 Å². The zero-order valence-electron chi connectivity index (χ0n) is 11.6. The van der Waals surface area contributed by atoms with Crippen molar-refractivity contribution in [1.29, 1.82) is 0 Å². The molecule has 0 saturated carbocycles. The summed E-state index contributed by atoms with van der Waals surface area (Å²) in [6, 6.07) is 14.6. The molecule has 0 amide bonds. The molecule has 0 aliphatic rings. The first kappa shape index (κ1) is 13.1. The Labute approximate surface area is 123 Å². The topological polar surface area (TPSA) is 25.8 Å². The van der Waals surface area contributed by atoms with Crippen LogP contribution in [0.4, 0.5) is 0 Å². The average Bonchev–Trinajstić information content (AvgIpc) is 2.47. The van der Waals surface area contributed by atoms with Crippen molar-refractivity contribution in [3.8, 4) is 11.4 Å². The van der Waals surface area contributed by atoms with Crippen LogP contribution in [0.15, 0.2) is 53.6 Å². The lowest BCUT2D eigenvalue weighted by atomic mass is 10.1. The van der Waals surface area contributed by atoms with Crippen LogP contribution in [0.5, 0.6) is 0 Å². The largest absolute Gasteiger partial charge is 0.236 e. The number of thioether (sulfide) groups is 1. The van der Waals surface area contributed by atoms with Gasteiger partial charge in [-0.15, -0.1) is 11.8 Å². The van der Waals surface area contributed by atoms with E-state index in [2.05, 4.69) is 55.2 Å². The number of hydrogen-bond donors (Lipinski definition) is 0. The molecule has 0 aliphatic heterocycles. The summed E-state index contributed by atoms with van der Waals surface area (Å²) in [7, 11) is 0. The second-order valence-electron chi connectivity index (χ2n) is 4.69. The first-order valence-electron chi connectivity index (χ1n) is 6.73. The van der Waals surface area contributed by atoms with Crippen LogP contribution < -0.4 is 0 Å². The van der Waals surface area contributed by atoms with E-state index in [0.29, 0.717) is 0 Å². The van der Waals surface area contributed by atoms with Crippen molar-refractivity contribution in [3.05, 3.63) is 54.2 Å². The van der Waals surface area contributed by atoms with Crippen molar-refractivity contribution in [2.45, 2.75) is 18.7 Å². The highest BCUT2D eigenvalue weighted by molar-refractivity contribution is 7.99. The molecule has 3 rings (SSSR count). The van der Waals surface area contributed by atoms with E-state index >= 15 is 0 Å². The van der Waals surface area contributed by atoms with Gasteiger partial charge in [0.2, 0.25) is 0 Å². The molecule has 0 saturated heterocycles. The van der Waals surface area contributed by atoms with Gasteiger partial charge in [0.05, 0.1) is 5.52 Å². The zero-order valence-corrected chi connectivity index (χ0v) is 12.4. The number of benzene rings is 2. The average molecular weight is 280 g/mol. The second-order valence-corrected chi connectivity index (χ2v) is 5.99. The molecular formula is C17H16N2S. The lowest BCUT2D eigenvalue weighted by molar-refractivity contribution is 1.20. The molecule has 2 nitrogen and oxygen atoms in total. The number of aryl methyl sites for hydroxylation is 1. The normalized spacial score (nSPS) is 10.9. The molecule has 1 heterocycles. The Balaban J connectivity index is 2.14. The minimum absolute atomic E-state index is 0.805. The lowest BCUT2D eigenvalue weighted by Crippen LogP contribution is -1.92. The number of fused-ring (bicyclic) bond motifs is 1. The SMILES string of the molecule is CCSc1ccccc1-c1ncc2ccc(C)cc2n1. The molecule has 2 aromatic carbocycles. The van der Waals surface area contributed by atoms with E-state index in [1.54, 1.807) is 0 Å². The molecule has 0 spiro atoms. The smallest absolute Gasteiger partial charge is 0.160 e. The number of aromatic nitrogens is 2. The van der Waals surface area contributed by atoms with Crippen LogP contribution in [-0.4, -0.2) is 15.7 Å². The van der Waals surface area contributed by atoms with E-state index in [1.165, 1.54) is 10.5 Å². The summed E-state index contributed by atoms with van der Waals surface area (Å²) < 4.78 is 0. The van der Waals surface area contributed by atoms with Crippen molar-refractivity contribution in [3.63, 3.8) is 0 Å². The van der Waals surface area contributed by atoms with Crippen molar-refractivity contribution < 1.29 is 0 Å². The molecule has 0 aliphatic carbocycles. The van der Waals surface area contributed by atoms with Crippen LogP contribution in [0.3, 0.4) is 0 Å². The molecule has 1 aromatic heterocycles. The summed E-state index contributed by atoms with van der Waals surface area (Å²) in [6.45, 7) is 4.24. The highest BCUT2D eigenvalue weighted by atomic mass is 32.2. The summed E-state index contributed by atoms with van der Waals surface area (Å²) in [5.74, 6) is 1.85. The van der Waals surface area contributed by atoms with Crippen LogP contribution in [-0.2, 0) is 0 Å². The molecule has 0 bridgehead atoms. The maximum absolute atomic E-state index is 4.72. The third kappa shape index (κ3) is 2.54. The summed E-state index contributed by atoms with van der Waals surface area (Å²) >= 11 is 1.83. The fourth-order valence-corrected chi connectivity index (χ4v) is 3.00. The predicted octanol–water partition coefficient (Wildman–Crippen LogP) is 4.72. The first-order valence-corrected chi connectivity index (χ1v) is 7.72. The Morgan fingerprint density at radius 1 is 1.10 bits per heavy atom. The summed E-state index contributed by atoms with van der Waals surface area (Å²) in [4.78, 5) is 10.5. The molecule has 0 unspecified atom stereocenters. The molecule has 100 valence electrons. The highest BCUT2D eigenvalue weighted by Crippen LogP contribution is 2.29. The monoisotopic (exact) mass is 280 g/mol. The van der Waals surface area contributed by atoms with Gasteiger partial charge in [0.1, 0.15) is 0 Å². The fraction of sp³-hybridized carbons (Fsp3) is 0.176. The Kier molecular flexibility index (Phi) is 3.70. The lowest BCUT2D eigenvalue weighted by Gasteiger charge is -2.08. The third-order valence-corrected chi connectivity index (χ3v) is 4.12. The van der Waals surface area contributed by atoms with E-state index in [1.807, 2.05) is 24.0 Å². The van der Waals surface area contributed by atoms with Crippen LogP contribution in [0.25, 0.3) is 22.3 Å². The van der Waals surface area contributed by atoms with Crippen molar-refractivity contribution >= 4 is 22.7 Å². The Morgan fingerprint density at radius 2 is 1.95 bits per heavy atom. The van der Waals surface area contributed by atoms with Gasteiger partial charge >= 0.3 is 0 Å². The maximum Gasteiger partial charge on any atom is 0.160 e. The van der Waals surface area contributed by atoms with Gasteiger partial charge in [-0.2, -0.15) is 0 Å². The molecular weight excluding hydrogens is 264 g/mol. The summed E-state index contributed by atoms with van der Waals surface area (Å²) in [5.41, 5.74) is 3.34. The fourth-order valence-electron chi connectivity index (χ4n) is 2.20. The molecule has 3 aromatic rings. The molecule has 3 heteroatoms. The summed E-state index contributed by atoms with van der Waals surface area (Å²) in [5, 5.41) is 1.08. The molecule has 0 atom stereocenters. The number of rotatable bonds is 3. The van der Waals surface area contributed by atoms with E-state index < -0.39 is 0 Å². The van der Waals surface area contributed by atoms with E-state index in [9.17, 15) is 0 Å². The second kappa shape index (κ2) is 5.63. The van der Waals surface area contributed by atoms with Gasteiger partial charge < -0.3 is 0 Å². The molecule has 0 N–H and O–H groups in total. The summed E-state index contributed by atoms with van der Waals surface area (Å²) in [6.07, 6.45) is 1.91. The van der Waals surface area contributed by atoms with Gasteiger partial charge in [-0.1, -0.05) is 37.3 Å². The number of hydrogen-bond acceptors (Lipinski definition) is 3. The molecule has 0 fully saturated rings. The quantitative estimate of drug-likeness (QED) is 0.649. The van der Waals surface area contributed by atoms with Gasteiger partial charge in [0, 0.05) is 22.0 Å². The minimum Gasteiger partial charge on any atom is -0.236 e. The number of nitrogens with zero attached hydrogens (tertiary/aromatic N) is 2. The van der Waals surface area contributed by atoms with Gasteiger partial charge in [-0.05, 0) is 30.4 Å². The standard InChI is InChI=1S/C17H16N2S/c1-3-20-16-7-5-4-6-14(16)17-18-11-13-9-8-12(2)10-15(13)19-17/h4-11H,3H2,1-2H3. The van der Waals surface area contributed by atoms with Gasteiger partial charge in [0.25, 0.3) is 0 Å². The van der Waals surface area contributed by atoms with Crippen molar-refractivity contribution in [2.75, 3.05) is 5.75 Å². The van der Waals surface area contributed by atoms with E-state index in [0.717, 1.165) is 28.0 Å². The molecule has 20 heavy (non-hydrogen) atoms. The minimum atomic E-state index is 0.805. The highest BCUT2D eigenvalue weighted by Gasteiger charge is 2.08. The van der Waals surface area contributed by atoms with Crippen molar-refractivity contribution in [1.82, 2.24) is 9.97 Å². The van der Waals surface area contributed by atoms with Gasteiger partial charge in [0.15, 0.2) is 5.82 Å². The van der Waals surface area contributed by atoms with Crippen LogP contribution in [0, 0.1) is 6.92 Å². The third-order valence-electron chi connectivity index (χ3n) is 3.17. The van der Waals surface area contributed by atoms with Crippen LogP contribution in [0.2, 0.25) is 0 Å². The Hall–Kier alpha value is -1.87. The van der Waals surface area contributed by atoms with Gasteiger partial charge in [-0.25, -0.2) is 9.97 Å². The van der Waals surface area contributed by atoms with Gasteiger partial charge in [-0.3, -0.25) is 0 Å². The Bertz CT molecular complexity index is 753. The van der Waals surface area contributed by atoms with Crippen molar-refractivity contribution in [2.24, 2.45) is 0 Å². The predicted molar refractivity (Wildman–Crippen MR) is 86.1 cm³/mol.